The lowest BCUT2D eigenvalue weighted by Gasteiger charge is -2.30. The summed E-state index contributed by atoms with van der Waals surface area (Å²) in [6, 6.07) is 10.7. The predicted octanol–water partition coefficient (Wildman–Crippen LogP) is 2.57. The van der Waals surface area contributed by atoms with E-state index in [1.54, 1.807) is 35.2 Å². The number of aliphatic hydroxyl groups excluding tert-OH is 1. The molecule has 130 valence electrons. The molecule has 1 saturated heterocycles. The van der Waals surface area contributed by atoms with Crippen LogP contribution in [0.5, 0.6) is 5.75 Å². The molecule has 2 aromatic rings. The summed E-state index contributed by atoms with van der Waals surface area (Å²) in [5, 5.41) is 18.1. The summed E-state index contributed by atoms with van der Waals surface area (Å²) in [7, 11) is 0. The number of carbonyl (C=O) groups excluding carboxylic acids is 1. The van der Waals surface area contributed by atoms with Gasteiger partial charge in [-0.2, -0.15) is 5.26 Å². The summed E-state index contributed by atoms with van der Waals surface area (Å²) in [4.78, 5) is 14.4. The van der Waals surface area contributed by atoms with Crippen molar-refractivity contribution in [2.45, 2.75) is 19.4 Å². The Kier molecular flexibility index (Phi) is 5.36. The summed E-state index contributed by atoms with van der Waals surface area (Å²) in [5.74, 6) is 0.989. The van der Waals surface area contributed by atoms with Gasteiger partial charge in [-0.05, 0) is 43.0 Å². The second-order valence-electron chi connectivity index (χ2n) is 6.12. The van der Waals surface area contributed by atoms with Crippen molar-refractivity contribution in [2.24, 2.45) is 5.92 Å². The highest BCUT2D eigenvalue weighted by Crippen LogP contribution is 2.22. The predicted molar refractivity (Wildman–Crippen MR) is 89.9 cm³/mol. The molecule has 1 aromatic carbocycles. The maximum atomic E-state index is 12.7. The number of nitrogens with zero attached hydrogens (tertiary/aromatic N) is 2. The number of likely N-dealkylation sites (tertiary alicyclic amines) is 1. The lowest BCUT2D eigenvalue weighted by atomic mass is 9.97. The van der Waals surface area contributed by atoms with Crippen LogP contribution >= 0.6 is 0 Å². The molecule has 0 radical (unpaired) electrons. The molecule has 0 bridgehead atoms. The van der Waals surface area contributed by atoms with Crippen LogP contribution in [0.2, 0.25) is 0 Å². The number of amides is 1. The highest BCUT2D eigenvalue weighted by molar-refractivity contribution is 5.93. The van der Waals surface area contributed by atoms with Gasteiger partial charge in [-0.1, -0.05) is 6.07 Å². The van der Waals surface area contributed by atoms with E-state index in [1.165, 1.54) is 6.26 Å². The minimum Gasteiger partial charge on any atom is -0.489 e. The van der Waals surface area contributed by atoms with Crippen molar-refractivity contribution in [1.29, 1.82) is 5.26 Å². The zero-order chi connectivity index (χ0) is 17.6. The number of piperidine rings is 1. The number of hydrogen-bond acceptors (Lipinski definition) is 5. The van der Waals surface area contributed by atoms with Crippen LogP contribution < -0.4 is 4.74 Å². The van der Waals surface area contributed by atoms with E-state index in [9.17, 15) is 9.90 Å². The average Bonchev–Trinajstić information content (AvgIpc) is 3.14. The van der Waals surface area contributed by atoms with Crippen LogP contribution in [0.1, 0.15) is 34.5 Å². The molecule has 0 saturated carbocycles. The number of aliphatic hydroxyl groups is 1. The molecular weight excluding hydrogens is 320 g/mol. The largest absolute Gasteiger partial charge is 0.489 e. The van der Waals surface area contributed by atoms with Crippen molar-refractivity contribution in [3.63, 3.8) is 0 Å². The standard InChI is InChI=1S/C19H20N2O4/c20-11-15-2-1-3-17(10-15)25-13-16-6-9-24-18(16)19(23)21-7-4-14(12-22)5-8-21/h1-3,6,9-10,14,22H,4-5,7-8,12-13H2. The molecule has 1 fully saturated rings. The highest BCUT2D eigenvalue weighted by atomic mass is 16.5. The maximum Gasteiger partial charge on any atom is 0.289 e. The van der Waals surface area contributed by atoms with Gasteiger partial charge in [-0.25, -0.2) is 0 Å². The molecule has 1 amide bonds. The first kappa shape index (κ1) is 17.1. The lowest BCUT2D eigenvalue weighted by molar-refractivity contribution is 0.0616. The zero-order valence-corrected chi connectivity index (χ0v) is 13.9. The van der Waals surface area contributed by atoms with Crippen LogP contribution in [0.25, 0.3) is 0 Å². The second kappa shape index (κ2) is 7.86. The van der Waals surface area contributed by atoms with E-state index < -0.39 is 0 Å². The Labute approximate surface area is 146 Å². The van der Waals surface area contributed by atoms with Gasteiger partial charge >= 0.3 is 0 Å². The molecule has 1 aromatic heterocycles. The minimum absolute atomic E-state index is 0.147. The third-order valence-electron chi connectivity index (χ3n) is 4.46. The summed E-state index contributed by atoms with van der Waals surface area (Å²) < 4.78 is 11.1. The molecule has 2 heterocycles. The van der Waals surface area contributed by atoms with E-state index >= 15 is 0 Å². The summed E-state index contributed by atoms with van der Waals surface area (Å²) >= 11 is 0. The molecule has 0 aliphatic carbocycles. The normalized spacial score (nSPS) is 15.0. The van der Waals surface area contributed by atoms with Gasteiger partial charge in [0.15, 0.2) is 5.76 Å². The molecule has 6 heteroatoms. The first-order valence-electron chi connectivity index (χ1n) is 8.30. The summed E-state index contributed by atoms with van der Waals surface area (Å²) in [6.45, 7) is 1.60. The van der Waals surface area contributed by atoms with Crippen LogP contribution in [0.3, 0.4) is 0 Å². The zero-order valence-electron chi connectivity index (χ0n) is 13.9. The molecule has 0 unspecified atom stereocenters. The molecule has 25 heavy (non-hydrogen) atoms. The third kappa shape index (κ3) is 4.01. The van der Waals surface area contributed by atoms with E-state index in [-0.39, 0.29) is 25.0 Å². The van der Waals surface area contributed by atoms with Gasteiger partial charge in [0, 0.05) is 25.3 Å². The van der Waals surface area contributed by atoms with Crippen LogP contribution in [0, 0.1) is 17.2 Å². The van der Waals surface area contributed by atoms with E-state index in [0.29, 0.717) is 35.7 Å². The number of nitriles is 1. The van der Waals surface area contributed by atoms with E-state index in [0.717, 1.165) is 12.8 Å². The molecule has 0 atom stereocenters. The van der Waals surface area contributed by atoms with Crippen LogP contribution in [0.4, 0.5) is 0 Å². The fraction of sp³-hybridized carbons (Fsp3) is 0.368. The number of furan rings is 1. The number of ether oxygens (including phenoxy) is 1. The number of hydrogen-bond donors (Lipinski definition) is 1. The first-order valence-corrected chi connectivity index (χ1v) is 8.30. The van der Waals surface area contributed by atoms with Gasteiger partial charge in [0.25, 0.3) is 5.91 Å². The van der Waals surface area contributed by atoms with Crippen molar-refractivity contribution in [1.82, 2.24) is 4.90 Å². The minimum atomic E-state index is -0.147. The Hall–Kier alpha value is -2.78. The monoisotopic (exact) mass is 340 g/mol. The average molecular weight is 340 g/mol. The van der Waals surface area contributed by atoms with Gasteiger partial charge in [0.1, 0.15) is 12.4 Å². The van der Waals surface area contributed by atoms with Gasteiger partial charge in [0.2, 0.25) is 0 Å². The molecule has 3 rings (SSSR count). The molecule has 0 spiro atoms. The van der Waals surface area contributed by atoms with Crippen molar-refractivity contribution in [3.05, 3.63) is 53.5 Å². The lowest BCUT2D eigenvalue weighted by Crippen LogP contribution is -2.39. The topological polar surface area (TPSA) is 86.7 Å². The van der Waals surface area contributed by atoms with Gasteiger partial charge in [0.05, 0.1) is 17.9 Å². The van der Waals surface area contributed by atoms with Gasteiger partial charge < -0.3 is 19.2 Å². The maximum absolute atomic E-state index is 12.7. The number of carbonyl (C=O) groups is 1. The Morgan fingerprint density at radius 3 is 2.88 bits per heavy atom. The quantitative estimate of drug-likeness (QED) is 0.904. The van der Waals surface area contributed by atoms with E-state index in [4.69, 9.17) is 14.4 Å². The highest BCUT2D eigenvalue weighted by Gasteiger charge is 2.26. The van der Waals surface area contributed by atoms with Crippen molar-refractivity contribution < 1.29 is 19.1 Å². The number of benzene rings is 1. The molecule has 1 aliphatic heterocycles. The third-order valence-corrected chi connectivity index (χ3v) is 4.46. The summed E-state index contributed by atoms with van der Waals surface area (Å²) in [5.41, 5.74) is 1.20. The summed E-state index contributed by atoms with van der Waals surface area (Å²) in [6.07, 6.45) is 3.09. The van der Waals surface area contributed by atoms with E-state index in [1.807, 2.05) is 0 Å². The molecule has 1 aliphatic rings. The molecule has 1 N–H and O–H groups in total. The second-order valence-corrected chi connectivity index (χ2v) is 6.12. The van der Waals surface area contributed by atoms with Crippen molar-refractivity contribution in [3.8, 4) is 11.8 Å². The first-order chi connectivity index (χ1) is 12.2. The fourth-order valence-corrected chi connectivity index (χ4v) is 2.92. The van der Waals surface area contributed by atoms with Crippen molar-refractivity contribution >= 4 is 5.91 Å². The van der Waals surface area contributed by atoms with Crippen molar-refractivity contribution in [2.75, 3.05) is 19.7 Å². The van der Waals surface area contributed by atoms with Gasteiger partial charge in [-0.15, -0.1) is 0 Å². The fourth-order valence-electron chi connectivity index (χ4n) is 2.92. The smallest absolute Gasteiger partial charge is 0.289 e. The Morgan fingerprint density at radius 2 is 2.16 bits per heavy atom. The van der Waals surface area contributed by atoms with Crippen LogP contribution in [-0.4, -0.2) is 35.6 Å². The Morgan fingerprint density at radius 1 is 1.36 bits per heavy atom. The Bertz CT molecular complexity index is 770. The SMILES string of the molecule is N#Cc1cccc(OCc2ccoc2C(=O)N2CCC(CO)CC2)c1. The molecule has 6 nitrogen and oxygen atoms in total. The van der Waals surface area contributed by atoms with E-state index in [2.05, 4.69) is 6.07 Å². The van der Waals surface area contributed by atoms with Crippen LogP contribution in [-0.2, 0) is 6.61 Å². The Balaban J connectivity index is 1.64. The molecular formula is C19H20N2O4. The van der Waals surface area contributed by atoms with Crippen LogP contribution in [0.15, 0.2) is 41.0 Å². The number of rotatable bonds is 5. The van der Waals surface area contributed by atoms with Gasteiger partial charge in [-0.3, -0.25) is 4.79 Å².